The van der Waals surface area contributed by atoms with Crippen LogP contribution >= 0.6 is 0 Å². The first-order valence-corrected chi connectivity index (χ1v) is 10.7. The van der Waals surface area contributed by atoms with E-state index in [1.165, 1.54) is 12.1 Å². The quantitative estimate of drug-likeness (QED) is 0.700. The second-order valence-electron chi connectivity index (χ2n) is 7.84. The van der Waals surface area contributed by atoms with E-state index >= 15 is 0 Å². The van der Waals surface area contributed by atoms with Crippen LogP contribution in [0.3, 0.4) is 0 Å². The molecular weight excluding hydrogens is 387 g/mol. The van der Waals surface area contributed by atoms with Crippen molar-refractivity contribution in [1.82, 2.24) is 30.1 Å². The van der Waals surface area contributed by atoms with Crippen LogP contribution in [0.5, 0.6) is 0 Å². The Bertz CT molecular complexity index is 815. The Hall–Kier alpha value is -2.36. The lowest BCUT2D eigenvalue weighted by Gasteiger charge is -2.28. The fourth-order valence-electron chi connectivity index (χ4n) is 4.06. The summed E-state index contributed by atoms with van der Waals surface area (Å²) in [7, 11) is 0. The van der Waals surface area contributed by atoms with Crippen LogP contribution in [-0.2, 0) is 11.3 Å². The van der Waals surface area contributed by atoms with Crippen molar-refractivity contribution in [2.24, 2.45) is 0 Å². The molecule has 1 aromatic carbocycles. The van der Waals surface area contributed by atoms with Crippen LogP contribution in [0.25, 0.3) is 0 Å². The molecule has 2 saturated heterocycles. The van der Waals surface area contributed by atoms with Crippen molar-refractivity contribution in [3.63, 3.8) is 0 Å². The summed E-state index contributed by atoms with van der Waals surface area (Å²) < 4.78 is 20.4. The SMILES string of the molecule is O=C(NCC(c1ccc(F)cc1)N1CCCC1)c1cn(CCN2CCOCC2)nn1. The van der Waals surface area contributed by atoms with Gasteiger partial charge in [-0.3, -0.25) is 19.3 Å². The van der Waals surface area contributed by atoms with E-state index in [1.807, 2.05) is 0 Å². The predicted molar refractivity (Wildman–Crippen MR) is 110 cm³/mol. The van der Waals surface area contributed by atoms with Gasteiger partial charge in [0.05, 0.1) is 32.0 Å². The topological polar surface area (TPSA) is 75.5 Å². The highest BCUT2D eigenvalue weighted by atomic mass is 19.1. The number of rotatable bonds is 8. The van der Waals surface area contributed by atoms with Gasteiger partial charge < -0.3 is 10.1 Å². The van der Waals surface area contributed by atoms with E-state index in [-0.39, 0.29) is 17.8 Å². The molecule has 30 heavy (non-hydrogen) atoms. The Labute approximate surface area is 176 Å². The third-order valence-corrected chi connectivity index (χ3v) is 5.81. The van der Waals surface area contributed by atoms with Gasteiger partial charge in [0, 0.05) is 26.2 Å². The molecule has 1 aromatic heterocycles. The third kappa shape index (κ3) is 5.41. The number of hydrogen-bond donors (Lipinski definition) is 1. The zero-order valence-corrected chi connectivity index (χ0v) is 17.2. The average Bonchev–Trinajstić information content (AvgIpc) is 3.47. The summed E-state index contributed by atoms with van der Waals surface area (Å²) in [6.45, 7) is 7.32. The number of morpholine rings is 1. The molecule has 2 aromatic rings. The number of hydrogen-bond acceptors (Lipinski definition) is 6. The molecule has 0 radical (unpaired) electrons. The lowest BCUT2D eigenvalue weighted by atomic mass is 10.1. The molecule has 1 atom stereocenters. The smallest absolute Gasteiger partial charge is 0.273 e. The monoisotopic (exact) mass is 416 g/mol. The lowest BCUT2D eigenvalue weighted by Crippen LogP contribution is -2.38. The number of carbonyl (C=O) groups is 1. The van der Waals surface area contributed by atoms with Crippen molar-refractivity contribution >= 4 is 5.91 Å². The van der Waals surface area contributed by atoms with Crippen molar-refractivity contribution in [3.8, 4) is 0 Å². The Morgan fingerprint density at radius 3 is 2.57 bits per heavy atom. The Morgan fingerprint density at radius 1 is 1.10 bits per heavy atom. The van der Waals surface area contributed by atoms with Crippen LogP contribution in [0.4, 0.5) is 4.39 Å². The number of nitrogens with one attached hydrogen (secondary N) is 1. The highest BCUT2D eigenvalue weighted by Gasteiger charge is 2.24. The van der Waals surface area contributed by atoms with E-state index in [0.717, 1.165) is 64.3 Å². The minimum atomic E-state index is -0.253. The number of nitrogens with zero attached hydrogens (tertiary/aromatic N) is 5. The summed E-state index contributed by atoms with van der Waals surface area (Å²) in [6, 6.07) is 6.56. The molecule has 1 unspecified atom stereocenters. The predicted octanol–water partition coefficient (Wildman–Crippen LogP) is 1.32. The van der Waals surface area contributed by atoms with Crippen LogP contribution in [-0.4, -0.2) is 83.2 Å². The molecule has 2 fully saturated rings. The van der Waals surface area contributed by atoms with Gasteiger partial charge in [-0.25, -0.2) is 4.39 Å². The highest BCUT2D eigenvalue weighted by molar-refractivity contribution is 5.91. The van der Waals surface area contributed by atoms with E-state index in [2.05, 4.69) is 25.4 Å². The van der Waals surface area contributed by atoms with Crippen molar-refractivity contribution in [3.05, 3.63) is 47.5 Å². The normalized spacial score (nSPS) is 19.1. The van der Waals surface area contributed by atoms with Gasteiger partial charge in [0.2, 0.25) is 0 Å². The maximum atomic E-state index is 13.3. The maximum Gasteiger partial charge on any atom is 0.273 e. The summed E-state index contributed by atoms with van der Waals surface area (Å²) in [4.78, 5) is 17.3. The van der Waals surface area contributed by atoms with Crippen LogP contribution in [0.1, 0.15) is 34.9 Å². The second kappa shape index (κ2) is 10.1. The van der Waals surface area contributed by atoms with Gasteiger partial charge in [-0.15, -0.1) is 5.10 Å². The fraction of sp³-hybridized carbons (Fsp3) is 0.571. The van der Waals surface area contributed by atoms with Crippen molar-refractivity contribution in [1.29, 1.82) is 0 Å². The molecule has 3 heterocycles. The Kier molecular flexibility index (Phi) is 7.03. The standard InChI is InChI=1S/C21H29FN6O2/c22-18-5-3-17(4-6-18)20(27-7-1-2-8-27)15-23-21(29)19-16-28(25-24-19)10-9-26-11-13-30-14-12-26/h3-6,16,20H,1-2,7-15H2,(H,23,29). The van der Waals surface area contributed by atoms with Crippen LogP contribution in [0.15, 0.2) is 30.5 Å². The van der Waals surface area contributed by atoms with Crippen LogP contribution < -0.4 is 5.32 Å². The zero-order valence-electron chi connectivity index (χ0n) is 17.2. The molecule has 2 aliphatic rings. The first-order valence-electron chi connectivity index (χ1n) is 10.7. The largest absolute Gasteiger partial charge is 0.379 e. The molecule has 0 bridgehead atoms. The van der Waals surface area contributed by atoms with Crippen LogP contribution in [0.2, 0.25) is 0 Å². The van der Waals surface area contributed by atoms with Gasteiger partial charge in [-0.05, 0) is 43.6 Å². The molecule has 9 heteroatoms. The summed E-state index contributed by atoms with van der Waals surface area (Å²) >= 11 is 0. The summed E-state index contributed by atoms with van der Waals surface area (Å²) in [5.41, 5.74) is 1.32. The minimum absolute atomic E-state index is 0.0217. The van der Waals surface area contributed by atoms with E-state index in [0.29, 0.717) is 18.8 Å². The average molecular weight is 417 g/mol. The van der Waals surface area contributed by atoms with Gasteiger partial charge in [0.15, 0.2) is 5.69 Å². The Morgan fingerprint density at radius 2 is 1.83 bits per heavy atom. The summed E-state index contributed by atoms with van der Waals surface area (Å²) in [6.07, 6.45) is 3.98. The third-order valence-electron chi connectivity index (χ3n) is 5.81. The van der Waals surface area contributed by atoms with Gasteiger partial charge in [-0.2, -0.15) is 0 Å². The van der Waals surface area contributed by atoms with Gasteiger partial charge >= 0.3 is 0 Å². The molecule has 8 nitrogen and oxygen atoms in total. The number of likely N-dealkylation sites (tertiary alicyclic amines) is 1. The van der Waals surface area contributed by atoms with Crippen molar-refractivity contribution in [2.45, 2.75) is 25.4 Å². The first kappa shape index (κ1) is 20.9. The molecule has 0 spiro atoms. The van der Waals surface area contributed by atoms with Gasteiger partial charge in [-0.1, -0.05) is 17.3 Å². The molecular formula is C21H29FN6O2. The lowest BCUT2D eigenvalue weighted by molar-refractivity contribution is 0.0359. The molecule has 0 saturated carbocycles. The number of ether oxygens (including phenoxy) is 1. The van der Waals surface area contributed by atoms with Gasteiger partial charge in [0.25, 0.3) is 5.91 Å². The molecule has 0 aliphatic carbocycles. The van der Waals surface area contributed by atoms with E-state index in [1.54, 1.807) is 23.0 Å². The zero-order chi connectivity index (χ0) is 20.8. The fourth-order valence-corrected chi connectivity index (χ4v) is 4.06. The van der Waals surface area contributed by atoms with Gasteiger partial charge in [0.1, 0.15) is 5.82 Å². The number of carbonyl (C=O) groups excluding carboxylic acids is 1. The summed E-state index contributed by atoms with van der Waals surface area (Å²) in [5, 5.41) is 11.1. The number of amides is 1. The van der Waals surface area contributed by atoms with Crippen LogP contribution in [0, 0.1) is 5.82 Å². The molecule has 2 aliphatic heterocycles. The Balaban J connectivity index is 1.32. The second-order valence-corrected chi connectivity index (χ2v) is 7.84. The van der Waals surface area contributed by atoms with E-state index < -0.39 is 0 Å². The molecule has 162 valence electrons. The molecule has 1 N–H and O–H groups in total. The summed E-state index contributed by atoms with van der Waals surface area (Å²) in [5.74, 6) is -0.490. The van der Waals surface area contributed by atoms with Crippen molar-refractivity contribution in [2.75, 3.05) is 52.5 Å². The minimum Gasteiger partial charge on any atom is -0.379 e. The first-order chi connectivity index (χ1) is 14.7. The van der Waals surface area contributed by atoms with Crippen molar-refractivity contribution < 1.29 is 13.9 Å². The van der Waals surface area contributed by atoms with E-state index in [9.17, 15) is 9.18 Å². The molecule has 4 rings (SSSR count). The number of benzene rings is 1. The maximum absolute atomic E-state index is 13.3. The molecule has 1 amide bonds. The highest BCUT2D eigenvalue weighted by Crippen LogP contribution is 2.24. The van der Waals surface area contributed by atoms with E-state index in [4.69, 9.17) is 4.74 Å². The number of halogens is 1. The number of aromatic nitrogens is 3.